The summed E-state index contributed by atoms with van der Waals surface area (Å²) in [7, 11) is 0. The predicted octanol–water partition coefficient (Wildman–Crippen LogP) is 15.0. The maximum atomic E-state index is 6.39. The second-order valence-electron chi connectivity index (χ2n) is 14.2. The lowest BCUT2D eigenvalue weighted by Gasteiger charge is -2.10. The third-order valence-electron chi connectivity index (χ3n) is 10.9. The number of benzene rings is 8. The van der Waals surface area contributed by atoms with Crippen LogP contribution in [0.3, 0.4) is 0 Å². The fourth-order valence-corrected chi connectivity index (χ4v) is 8.33. The topological polar surface area (TPSA) is 23.0 Å². The van der Waals surface area contributed by atoms with E-state index >= 15 is 0 Å². The molecule has 3 nitrogen and oxygen atoms in total. The lowest BCUT2D eigenvalue weighted by atomic mass is 9.99. The van der Waals surface area contributed by atoms with Crippen LogP contribution in [0.4, 0.5) is 0 Å². The first-order valence-electron chi connectivity index (χ1n) is 19.2. The van der Waals surface area contributed by atoms with Crippen molar-refractivity contribution in [3.8, 4) is 33.6 Å². The van der Waals surface area contributed by atoms with Gasteiger partial charge < -0.3 is 13.6 Å². The van der Waals surface area contributed by atoms with Gasteiger partial charge in [-0.05, 0) is 101 Å². The molecule has 3 aromatic heterocycles. The first-order valence-corrected chi connectivity index (χ1v) is 19.2. The van der Waals surface area contributed by atoms with Crippen molar-refractivity contribution < 1.29 is 4.42 Å². The van der Waals surface area contributed by atoms with Gasteiger partial charge in [0.05, 0.1) is 22.1 Å². The van der Waals surface area contributed by atoms with E-state index in [1.807, 2.05) is 12.2 Å². The van der Waals surface area contributed by atoms with E-state index in [4.69, 9.17) is 4.42 Å². The number of rotatable bonds is 6. The van der Waals surface area contributed by atoms with Crippen LogP contribution in [-0.4, -0.2) is 9.13 Å². The zero-order chi connectivity index (χ0) is 38.3. The van der Waals surface area contributed by atoms with Crippen molar-refractivity contribution in [1.29, 1.82) is 0 Å². The minimum atomic E-state index is 0.894. The van der Waals surface area contributed by atoms with Gasteiger partial charge in [0.2, 0.25) is 0 Å². The Balaban J connectivity index is 0.000000616. The first kappa shape index (κ1) is 33.9. The van der Waals surface area contributed by atoms with Crippen molar-refractivity contribution in [2.45, 2.75) is 0 Å². The van der Waals surface area contributed by atoms with E-state index in [0.717, 1.165) is 33.2 Å². The van der Waals surface area contributed by atoms with E-state index in [-0.39, 0.29) is 0 Å². The standard InChI is InChI=1S/C48H30N2O.C6H8/c1-2-12-35(13-3-1)49-45-20-9-6-17-39(45)40-28-32(21-24-46(40)49)34-23-26-48-42(30-34)41-29-33(22-25-47(41)51-48)31-11-10-14-36(27-31)50-43-18-7-4-15-37(43)38-16-5-8-19-44(38)50;1-3-5-6-4-2/h1-30H;3-6H,1-2H2/b;6-5-. The van der Waals surface area contributed by atoms with Gasteiger partial charge in [-0.15, -0.1) is 0 Å². The Labute approximate surface area is 331 Å². The number of nitrogens with zero attached hydrogens (tertiary/aromatic N) is 2. The Morgan fingerprint density at radius 1 is 0.333 bits per heavy atom. The molecule has 270 valence electrons. The highest BCUT2D eigenvalue weighted by Crippen LogP contribution is 2.39. The highest BCUT2D eigenvalue weighted by Gasteiger charge is 2.16. The molecule has 8 aromatic carbocycles. The summed E-state index contributed by atoms with van der Waals surface area (Å²) in [6.07, 6.45) is 7.07. The first-order chi connectivity index (χ1) is 28.2. The Morgan fingerprint density at radius 2 is 0.754 bits per heavy atom. The van der Waals surface area contributed by atoms with Gasteiger partial charge in [0.1, 0.15) is 11.2 Å². The maximum Gasteiger partial charge on any atom is 0.135 e. The molecule has 0 saturated carbocycles. The molecule has 0 spiro atoms. The van der Waals surface area contributed by atoms with Crippen LogP contribution in [-0.2, 0) is 0 Å². The summed E-state index contributed by atoms with van der Waals surface area (Å²) in [6.45, 7) is 6.93. The third-order valence-corrected chi connectivity index (χ3v) is 10.9. The average molecular weight is 731 g/mol. The molecule has 11 rings (SSSR count). The molecule has 0 saturated heterocycles. The van der Waals surface area contributed by atoms with E-state index in [2.05, 4.69) is 204 Å². The Bertz CT molecular complexity index is 3270. The van der Waals surface area contributed by atoms with Crippen molar-refractivity contribution in [3.05, 3.63) is 219 Å². The number of fused-ring (bicyclic) bond motifs is 9. The molecule has 0 bridgehead atoms. The molecule has 0 aliphatic carbocycles. The lowest BCUT2D eigenvalue weighted by molar-refractivity contribution is 0.669. The van der Waals surface area contributed by atoms with E-state index in [1.54, 1.807) is 12.2 Å². The Hall–Kier alpha value is -7.62. The summed E-state index contributed by atoms with van der Waals surface area (Å²) in [5.41, 5.74) is 13.6. The fraction of sp³-hybridized carbons (Fsp3) is 0. The normalized spacial score (nSPS) is 11.6. The van der Waals surface area contributed by atoms with Gasteiger partial charge in [-0.1, -0.05) is 141 Å². The number of hydrogen-bond donors (Lipinski definition) is 0. The maximum absolute atomic E-state index is 6.39. The molecule has 0 unspecified atom stereocenters. The van der Waals surface area contributed by atoms with Crippen LogP contribution >= 0.6 is 0 Å². The molecule has 0 radical (unpaired) electrons. The average Bonchev–Trinajstić information content (AvgIpc) is 3.93. The van der Waals surface area contributed by atoms with E-state index in [9.17, 15) is 0 Å². The third kappa shape index (κ3) is 5.85. The molecule has 0 N–H and O–H groups in total. The van der Waals surface area contributed by atoms with Gasteiger partial charge in [-0.25, -0.2) is 0 Å². The van der Waals surface area contributed by atoms with Crippen molar-refractivity contribution in [2.24, 2.45) is 0 Å². The molecule has 0 fully saturated rings. The molecule has 57 heavy (non-hydrogen) atoms. The van der Waals surface area contributed by atoms with Crippen LogP contribution < -0.4 is 0 Å². The molecule has 3 heteroatoms. The molecule has 0 aliphatic rings. The van der Waals surface area contributed by atoms with Gasteiger partial charge in [-0.3, -0.25) is 0 Å². The summed E-state index contributed by atoms with van der Waals surface area (Å²) in [5, 5.41) is 7.27. The quantitative estimate of drug-likeness (QED) is 0.156. The molecule has 11 aromatic rings. The monoisotopic (exact) mass is 730 g/mol. The number of para-hydroxylation sites is 4. The summed E-state index contributed by atoms with van der Waals surface area (Å²) >= 11 is 0. The summed E-state index contributed by atoms with van der Waals surface area (Å²) in [5.74, 6) is 0. The van der Waals surface area contributed by atoms with E-state index < -0.39 is 0 Å². The van der Waals surface area contributed by atoms with Gasteiger partial charge in [0, 0.05) is 43.7 Å². The molecular formula is C54H38N2O. The van der Waals surface area contributed by atoms with Crippen LogP contribution in [0.15, 0.2) is 224 Å². The summed E-state index contributed by atoms with van der Waals surface area (Å²) in [4.78, 5) is 0. The van der Waals surface area contributed by atoms with Gasteiger partial charge >= 0.3 is 0 Å². The minimum Gasteiger partial charge on any atom is -0.456 e. The van der Waals surface area contributed by atoms with Crippen molar-refractivity contribution in [2.75, 3.05) is 0 Å². The second-order valence-corrected chi connectivity index (χ2v) is 14.2. The van der Waals surface area contributed by atoms with Crippen molar-refractivity contribution in [1.82, 2.24) is 9.13 Å². The largest absolute Gasteiger partial charge is 0.456 e. The van der Waals surface area contributed by atoms with Crippen molar-refractivity contribution >= 4 is 65.6 Å². The minimum absolute atomic E-state index is 0.894. The number of allylic oxidation sites excluding steroid dienone is 4. The van der Waals surface area contributed by atoms with Crippen LogP contribution in [0.25, 0.3) is 99.2 Å². The lowest BCUT2D eigenvalue weighted by Crippen LogP contribution is -1.94. The number of furan rings is 1. The molecule has 0 amide bonds. The van der Waals surface area contributed by atoms with Crippen molar-refractivity contribution in [3.63, 3.8) is 0 Å². The van der Waals surface area contributed by atoms with Crippen LogP contribution in [0.5, 0.6) is 0 Å². The van der Waals surface area contributed by atoms with E-state index in [0.29, 0.717) is 0 Å². The Kier molecular flexibility index (Phi) is 8.46. The zero-order valence-electron chi connectivity index (χ0n) is 31.3. The van der Waals surface area contributed by atoms with E-state index in [1.165, 1.54) is 66.0 Å². The predicted molar refractivity (Wildman–Crippen MR) is 243 cm³/mol. The second kappa shape index (κ2) is 14.2. The SMILES string of the molecule is C=C/C=C\C=C.c1ccc(-n2c3ccccc3c3cc(-c4ccc5oc6ccc(-c7cccc(-n8c9ccccc9c9ccccc98)c7)cc6c5c4)ccc32)cc1. The molecule has 0 atom stereocenters. The van der Waals surface area contributed by atoms with Crippen LogP contribution in [0.2, 0.25) is 0 Å². The molecule has 3 heterocycles. The van der Waals surface area contributed by atoms with Gasteiger partial charge in [0.15, 0.2) is 0 Å². The fourth-order valence-electron chi connectivity index (χ4n) is 8.33. The van der Waals surface area contributed by atoms with Crippen LogP contribution in [0.1, 0.15) is 0 Å². The smallest absolute Gasteiger partial charge is 0.135 e. The summed E-state index contributed by atoms with van der Waals surface area (Å²) < 4.78 is 11.1. The number of aromatic nitrogens is 2. The highest BCUT2D eigenvalue weighted by atomic mass is 16.3. The molecular weight excluding hydrogens is 693 g/mol. The zero-order valence-corrected chi connectivity index (χ0v) is 31.3. The van der Waals surface area contributed by atoms with Crippen LogP contribution in [0, 0.1) is 0 Å². The number of hydrogen-bond acceptors (Lipinski definition) is 1. The van der Waals surface area contributed by atoms with Gasteiger partial charge in [-0.2, -0.15) is 0 Å². The van der Waals surface area contributed by atoms with Gasteiger partial charge in [0.25, 0.3) is 0 Å². The Morgan fingerprint density at radius 3 is 1.32 bits per heavy atom. The molecule has 0 aliphatic heterocycles. The highest BCUT2D eigenvalue weighted by molar-refractivity contribution is 6.12. The summed E-state index contributed by atoms with van der Waals surface area (Å²) in [6, 6.07) is 65.5.